The number of aromatic nitrogens is 2. The van der Waals surface area contributed by atoms with Crippen LogP contribution in [0.1, 0.15) is 40.5 Å². The third-order valence-corrected chi connectivity index (χ3v) is 7.30. The lowest BCUT2D eigenvalue weighted by Crippen LogP contribution is -2.60. The van der Waals surface area contributed by atoms with Crippen molar-refractivity contribution >= 4 is 5.91 Å². The average Bonchev–Trinajstić information content (AvgIpc) is 3.44. The van der Waals surface area contributed by atoms with Crippen molar-refractivity contribution in [3.63, 3.8) is 0 Å². The Hall–Kier alpha value is -2.54. The van der Waals surface area contributed by atoms with Crippen molar-refractivity contribution in [3.8, 4) is 11.5 Å². The third kappa shape index (κ3) is 2.53. The number of hydrogen-bond donors (Lipinski definition) is 0. The molecule has 1 aromatic carbocycles. The zero-order chi connectivity index (χ0) is 19.7. The molecule has 6 heterocycles. The maximum Gasteiger partial charge on any atom is 0.272 e. The fraction of sp³-hybridized carbons (Fsp3) is 0.545. The number of hydrogen-bond acceptors (Lipinski definition) is 5. The molecule has 7 heteroatoms. The summed E-state index contributed by atoms with van der Waals surface area (Å²) in [6.07, 6.45) is 2.37. The number of carbonyl (C=O) groups excluding carboxylic acids is 1. The van der Waals surface area contributed by atoms with Crippen LogP contribution in [0.2, 0.25) is 0 Å². The van der Waals surface area contributed by atoms with Gasteiger partial charge in [0.05, 0.1) is 11.7 Å². The van der Waals surface area contributed by atoms with Crippen molar-refractivity contribution in [2.45, 2.75) is 37.8 Å². The Labute approximate surface area is 170 Å². The molecule has 0 spiro atoms. The molecule has 0 saturated carbocycles. The highest BCUT2D eigenvalue weighted by Gasteiger charge is 2.55. The fourth-order valence-electron chi connectivity index (χ4n) is 6.05. The fourth-order valence-corrected chi connectivity index (χ4v) is 6.05. The first-order chi connectivity index (χ1) is 14.1. The summed E-state index contributed by atoms with van der Waals surface area (Å²) in [5.74, 6) is 2.62. The molecule has 7 rings (SSSR count). The highest BCUT2D eigenvalue weighted by Crippen LogP contribution is 2.48. The number of carbonyl (C=O) groups is 1. The normalized spacial score (nSPS) is 31.9. The van der Waals surface area contributed by atoms with Gasteiger partial charge in [0.25, 0.3) is 5.91 Å². The molecule has 5 aliphatic heterocycles. The van der Waals surface area contributed by atoms with Gasteiger partial charge in [-0.1, -0.05) is 6.07 Å². The van der Waals surface area contributed by atoms with Gasteiger partial charge < -0.3 is 14.4 Å². The topological polar surface area (TPSA) is 59.8 Å². The van der Waals surface area contributed by atoms with Crippen molar-refractivity contribution in [3.05, 3.63) is 41.2 Å². The van der Waals surface area contributed by atoms with E-state index in [1.165, 1.54) is 18.4 Å². The molecular formula is C22H26N4O3. The largest absolute Gasteiger partial charge is 0.454 e. The van der Waals surface area contributed by atoms with E-state index in [0.717, 1.165) is 36.8 Å². The standard InChI is InChI=1S/C22H26N4O3/c1-13-9-17(24(2)23-13)22(27)26-11-16(15-3-4-18-19(10-15)29-12-28-18)21-20(26)14-5-7-25(21)8-6-14/h3-4,9-10,14,16,20-21H,5-8,11-12H2,1-2H3/t16-,20-,21-/m1/s1. The van der Waals surface area contributed by atoms with Crippen molar-refractivity contribution in [1.29, 1.82) is 0 Å². The van der Waals surface area contributed by atoms with Crippen molar-refractivity contribution < 1.29 is 14.3 Å². The number of ether oxygens (including phenoxy) is 2. The molecule has 0 radical (unpaired) electrons. The molecule has 1 amide bonds. The zero-order valence-corrected chi connectivity index (χ0v) is 16.9. The number of likely N-dealkylation sites (tertiary alicyclic amines) is 1. The van der Waals surface area contributed by atoms with E-state index in [1.54, 1.807) is 4.68 Å². The summed E-state index contributed by atoms with van der Waals surface area (Å²) in [7, 11) is 1.86. The van der Waals surface area contributed by atoms with Gasteiger partial charge in [-0.25, -0.2) is 0 Å². The van der Waals surface area contributed by atoms with E-state index in [4.69, 9.17) is 9.47 Å². The van der Waals surface area contributed by atoms with E-state index in [0.29, 0.717) is 17.7 Å². The number of amides is 1. The van der Waals surface area contributed by atoms with Gasteiger partial charge in [-0.2, -0.15) is 5.10 Å². The summed E-state index contributed by atoms with van der Waals surface area (Å²) >= 11 is 0. The van der Waals surface area contributed by atoms with Crippen LogP contribution in [0.25, 0.3) is 0 Å². The lowest BCUT2D eigenvalue weighted by molar-refractivity contribution is -0.00373. The maximum atomic E-state index is 13.6. The summed E-state index contributed by atoms with van der Waals surface area (Å²) < 4.78 is 12.9. The van der Waals surface area contributed by atoms with Gasteiger partial charge in [-0.3, -0.25) is 14.4 Å². The second-order valence-electron chi connectivity index (χ2n) is 8.83. The lowest BCUT2D eigenvalue weighted by atomic mass is 9.75. The van der Waals surface area contributed by atoms with Crippen LogP contribution in [0.5, 0.6) is 11.5 Å². The zero-order valence-electron chi connectivity index (χ0n) is 16.9. The van der Waals surface area contributed by atoms with E-state index in [-0.39, 0.29) is 24.7 Å². The van der Waals surface area contributed by atoms with Crippen LogP contribution in [-0.2, 0) is 7.05 Å². The average molecular weight is 394 g/mol. The first kappa shape index (κ1) is 17.3. The number of aryl methyl sites for hydroxylation is 2. The maximum absolute atomic E-state index is 13.6. The lowest BCUT2D eigenvalue weighted by Gasteiger charge is -2.51. The molecule has 4 fully saturated rings. The summed E-state index contributed by atoms with van der Waals surface area (Å²) in [5, 5.41) is 4.40. The molecule has 2 bridgehead atoms. The van der Waals surface area contributed by atoms with E-state index in [1.807, 2.05) is 26.1 Å². The molecule has 4 saturated heterocycles. The van der Waals surface area contributed by atoms with E-state index in [9.17, 15) is 4.79 Å². The van der Waals surface area contributed by atoms with Gasteiger partial charge in [0.1, 0.15) is 5.69 Å². The van der Waals surface area contributed by atoms with Gasteiger partial charge in [-0.15, -0.1) is 0 Å². The molecule has 29 heavy (non-hydrogen) atoms. The Morgan fingerprint density at radius 3 is 2.66 bits per heavy atom. The first-order valence-corrected chi connectivity index (χ1v) is 10.6. The Morgan fingerprint density at radius 1 is 1.10 bits per heavy atom. The van der Waals surface area contributed by atoms with Gasteiger partial charge in [0.2, 0.25) is 6.79 Å². The van der Waals surface area contributed by atoms with E-state index in [2.05, 4.69) is 27.0 Å². The molecule has 2 aromatic rings. The van der Waals surface area contributed by atoms with Gasteiger partial charge >= 0.3 is 0 Å². The molecule has 5 aliphatic rings. The van der Waals surface area contributed by atoms with E-state index >= 15 is 0 Å². The Balaban J connectivity index is 1.39. The van der Waals surface area contributed by atoms with Crippen LogP contribution < -0.4 is 9.47 Å². The molecular weight excluding hydrogens is 368 g/mol. The SMILES string of the molecule is Cc1cc(C(=O)N2C[C@H](c3ccc4c(c3)OCO4)[C@@H]3[C@H]2C2CCN3CC2)n(C)n1. The highest BCUT2D eigenvalue weighted by molar-refractivity contribution is 5.93. The minimum atomic E-state index is 0.111. The Kier molecular flexibility index (Phi) is 3.72. The van der Waals surface area contributed by atoms with Crippen LogP contribution in [-0.4, -0.2) is 64.0 Å². The number of benzene rings is 1. The minimum Gasteiger partial charge on any atom is -0.454 e. The molecule has 152 valence electrons. The summed E-state index contributed by atoms with van der Waals surface area (Å²) in [4.78, 5) is 18.3. The predicted molar refractivity (Wildman–Crippen MR) is 106 cm³/mol. The summed E-state index contributed by atoms with van der Waals surface area (Å²) in [5.41, 5.74) is 2.81. The van der Waals surface area contributed by atoms with Crippen LogP contribution in [0, 0.1) is 12.8 Å². The van der Waals surface area contributed by atoms with E-state index < -0.39 is 0 Å². The van der Waals surface area contributed by atoms with Crippen LogP contribution in [0.4, 0.5) is 0 Å². The Bertz CT molecular complexity index is 978. The van der Waals surface area contributed by atoms with Gasteiger partial charge in [0, 0.05) is 25.6 Å². The smallest absolute Gasteiger partial charge is 0.272 e. The number of fused-ring (bicyclic) bond motifs is 3. The second kappa shape index (κ2) is 6.23. The molecule has 3 atom stereocenters. The molecule has 0 N–H and O–H groups in total. The predicted octanol–water partition coefficient (Wildman–Crippen LogP) is 2.16. The monoisotopic (exact) mass is 394 g/mol. The van der Waals surface area contributed by atoms with Crippen molar-refractivity contribution in [2.75, 3.05) is 26.4 Å². The number of rotatable bonds is 2. The van der Waals surface area contributed by atoms with Gasteiger partial charge in [-0.05, 0) is 62.5 Å². The molecule has 1 aromatic heterocycles. The highest BCUT2D eigenvalue weighted by atomic mass is 16.7. The van der Waals surface area contributed by atoms with Crippen LogP contribution in [0.3, 0.4) is 0 Å². The van der Waals surface area contributed by atoms with Crippen LogP contribution in [0.15, 0.2) is 24.3 Å². The quantitative estimate of drug-likeness (QED) is 0.781. The molecule has 7 nitrogen and oxygen atoms in total. The van der Waals surface area contributed by atoms with Gasteiger partial charge in [0.15, 0.2) is 11.5 Å². The second-order valence-corrected chi connectivity index (χ2v) is 8.83. The van der Waals surface area contributed by atoms with Crippen molar-refractivity contribution in [1.82, 2.24) is 19.6 Å². The van der Waals surface area contributed by atoms with Crippen LogP contribution >= 0.6 is 0 Å². The number of nitrogens with zero attached hydrogens (tertiary/aromatic N) is 4. The molecule has 0 aliphatic carbocycles. The first-order valence-electron chi connectivity index (χ1n) is 10.6. The summed E-state index contributed by atoms with van der Waals surface area (Å²) in [6.45, 7) is 5.24. The summed E-state index contributed by atoms with van der Waals surface area (Å²) in [6, 6.07) is 8.85. The Morgan fingerprint density at radius 2 is 1.90 bits per heavy atom. The minimum absolute atomic E-state index is 0.111. The van der Waals surface area contributed by atoms with Crippen molar-refractivity contribution in [2.24, 2.45) is 13.0 Å². The third-order valence-electron chi connectivity index (χ3n) is 7.30. The molecule has 0 unspecified atom stereocenters. The number of piperidine rings is 3.